The lowest BCUT2D eigenvalue weighted by Gasteiger charge is -2.34. The van der Waals surface area contributed by atoms with Crippen LogP contribution in [-0.4, -0.2) is 39.2 Å². The van der Waals surface area contributed by atoms with Crippen LogP contribution in [0.4, 0.5) is 5.82 Å². The first kappa shape index (κ1) is 15.2. The van der Waals surface area contributed by atoms with Crippen LogP contribution in [0, 0.1) is 0 Å². The largest absolute Gasteiger partial charge is 0.381 e. The first-order chi connectivity index (χ1) is 9.56. The number of sulfonamides is 1. The van der Waals surface area contributed by atoms with Crippen molar-refractivity contribution in [3.05, 3.63) is 18.3 Å². The molecule has 6 nitrogen and oxygen atoms in total. The van der Waals surface area contributed by atoms with Crippen LogP contribution >= 0.6 is 0 Å². The normalized spacial score (nSPS) is 22.3. The molecule has 2 rings (SSSR count). The summed E-state index contributed by atoms with van der Waals surface area (Å²) < 4.78 is 32.6. The molecule has 1 aromatic rings. The van der Waals surface area contributed by atoms with Crippen molar-refractivity contribution >= 4 is 15.8 Å². The van der Waals surface area contributed by atoms with Crippen molar-refractivity contribution in [1.82, 2.24) is 9.71 Å². The van der Waals surface area contributed by atoms with E-state index in [-0.39, 0.29) is 17.0 Å². The van der Waals surface area contributed by atoms with Gasteiger partial charge in [-0.05, 0) is 31.4 Å². The second kappa shape index (κ2) is 6.51. The number of anilines is 1. The van der Waals surface area contributed by atoms with E-state index in [2.05, 4.69) is 15.0 Å². The van der Waals surface area contributed by atoms with E-state index in [0.717, 1.165) is 6.42 Å². The first-order valence-electron chi connectivity index (χ1n) is 6.81. The van der Waals surface area contributed by atoms with Gasteiger partial charge in [-0.3, -0.25) is 0 Å². The molecule has 1 heterocycles. The summed E-state index contributed by atoms with van der Waals surface area (Å²) in [6.45, 7) is 2.70. The third-order valence-corrected chi connectivity index (χ3v) is 4.90. The van der Waals surface area contributed by atoms with E-state index in [1.807, 2.05) is 6.92 Å². The average molecular weight is 299 g/mol. The topological polar surface area (TPSA) is 80.3 Å². The summed E-state index contributed by atoms with van der Waals surface area (Å²) in [5.74, 6) is 0.407. The Morgan fingerprint density at radius 2 is 2.20 bits per heavy atom. The number of nitrogens with zero attached hydrogens (tertiary/aromatic N) is 1. The fraction of sp³-hybridized carbons (Fsp3) is 0.615. The molecule has 0 saturated heterocycles. The summed E-state index contributed by atoms with van der Waals surface area (Å²) in [7, 11) is -1.90. The molecule has 1 saturated carbocycles. The predicted molar refractivity (Wildman–Crippen MR) is 77.2 cm³/mol. The Hall–Kier alpha value is -1.18. The van der Waals surface area contributed by atoms with E-state index in [1.165, 1.54) is 0 Å². The molecule has 0 amide bonds. The monoisotopic (exact) mass is 299 g/mol. The highest BCUT2D eigenvalue weighted by Crippen LogP contribution is 2.26. The molecule has 1 aliphatic rings. The van der Waals surface area contributed by atoms with Crippen LogP contribution < -0.4 is 10.0 Å². The summed E-state index contributed by atoms with van der Waals surface area (Å²) >= 11 is 0. The number of ether oxygens (including phenoxy) is 1. The molecular formula is C13H21N3O3S. The number of aromatic nitrogens is 1. The molecular weight excluding hydrogens is 278 g/mol. The Balaban J connectivity index is 2.09. The number of rotatable bonds is 7. The van der Waals surface area contributed by atoms with Crippen LogP contribution in [-0.2, 0) is 14.8 Å². The molecule has 20 heavy (non-hydrogen) atoms. The smallest absolute Gasteiger partial charge is 0.244 e. The third kappa shape index (κ3) is 3.47. The van der Waals surface area contributed by atoms with Gasteiger partial charge < -0.3 is 10.1 Å². The molecule has 1 fully saturated rings. The molecule has 1 aromatic heterocycles. The SMILES string of the molecule is CCCNc1ncccc1S(=O)(=O)NC1CC(OC)C1. The van der Waals surface area contributed by atoms with E-state index >= 15 is 0 Å². The summed E-state index contributed by atoms with van der Waals surface area (Å²) in [6, 6.07) is 3.15. The van der Waals surface area contributed by atoms with E-state index in [4.69, 9.17) is 4.74 Å². The molecule has 1 aliphatic carbocycles. The third-order valence-electron chi connectivity index (χ3n) is 3.35. The molecule has 0 spiro atoms. The minimum atomic E-state index is -3.54. The first-order valence-corrected chi connectivity index (χ1v) is 8.29. The molecule has 0 bridgehead atoms. The van der Waals surface area contributed by atoms with Crippen LogP contribution in [0.5, 0.6) is 0 Å². The highest BCUT2D eigenvalue weighted by atomic mass is 32.2. The number of hydrogen-bond donors (Lipinski definition) is 2. The summed E-state index contributed by atoms with van der Waals surface area (Å²) in [5, 5.41) is 3.04. The predicted octanol–water partition coefficient (Wildman–Crippen LogP) is 1.36. The van der Waals surface area contributed by atoms with Gasteiger partial charge in [0.1, 0.15) is 10.7 Å². The van der Waals surface area contributed by atoms with Crippen molar-refractivity contribution < 1.29 is 13.2 Å². The second-order valence-electron chi connectivity index (χ2n) is 4.92. The fourth-order valence-corrected chi connectivity index (χ4v) is 3.52. The summed E-state index contributed by atoms with van der Waals surface area (Å²) in [4.78, 5) is 4.31. The summed E-state index contributed by atoms with van der Waals surface area (Å²) in [6.07, 6.45) is 4.08. The number of hydrogen-bond acceptors (Lipinski definition) is 5. The zero-order valence-electron chi connectivity index (χ0n) is 11.8. The van der Waals surface area contributed by atoms with Crippen molar-refractivity contribution in [1.29, 1.82) is 0 Å². The van der Waals surface area contributed by atoms with Crippen LogP contribution in [0.15, 0.2) is 23.2 Å². The zero-order valence-corrected chi connectivity index (χ0v) is 12.6. The number of methoxy groups -OCH3 is 1. The molecule has 0 atom stereocenters. The lowest BCUT2D eigenvalue weighted by Crippen LogP contribution is -2.47. The van der Waals surface area contributed by atoms with Crippen molar-refractivity contribution in [3.8, 4) is 0 Å². The van der Waals surface area contributed by atoms with Gasteiger partial charge in [0, 0.05) is 25.9 Å². The molecule has 2 N–H and O–H groups in total. The molecule has 7 heteroatoms. The van der Waals surface area contributed by atoms with Gasteiger partial charge in [-0.2, -0.15) is 0 Å². The zero-order chi connectivity index (χ0) is 14.6. The average Bonchev–Trinajstić information content (AvgIpc) is 2.40. The van der Waals surface area contributed by atoms with Gasteiger partial charge in [-0.15, -0.1) is 0 Å². The Morgan fingerprint density at radius 1 is 1.45 bits per heavy atom. The van der Waals surface area contributed by atoms with Crippen molar-refractivity contribution in [2.24, 2.45) is 0 Å². The van der Waals surface area contributed by atoms with E-state index < -0.39 is 10.0 Å². The van der Waals surface area contributed by atoms with Crippen LogP contribution in [0.3, 0.4) is 0 Å². The minimum Gasteiger partial charge on any atom is -0.381 e. The highest BCUT2D eigenvalue weighted by Gasteiger charge is 2.33. The van der Waals surface area contributed by atoms with Gasteiger partial charge in [0.15, 0.2) is 0 Å². The van der Waals surface area contributed by atoms with Crippen LogP contribution in [0.2, 0.25) is 0 Å². The van der Waals surface area contributed by atoms with Gasteiger partial charge in [0.25, 0.3) is 0 Å². The minimum absolute atomic E-state index is 0.0517. The van der Waals surface area contributed by atoms with Gasteiger partial charge in [0.05, 0.1) is 6.10 Å². The standard InChI is InChI=1S/C13H21N3O3S/c1-3-6-14-13-12(5-4-7-15-13)20(17,18)16-10-8-11(9-10)19-2/h4-5,7,10-11,16H,3,6,8-9H2,1-2H3,(H,14,15). The lowest BCUT2D eigenvalue weighted by molar-refractivity contribution is 0.0236. The van der Waals surface area contributed by atoms with Gasteiger partial charge in [-0.25, -0.2) is 18.1 Å². The van der Waals surface area contributed by atoms with Crippen LogP contribution in [0.25, 0.3) is 0 Å². The van der Waals surface area contributed by atoms with Gasteiger partial charge >= 0.3 is 0 Å². The Morgan fingerprint density at radius 3 is 2.85 bits per heavy atom. The van der Waals surface area contributed by atoms with Crippen molar-refractivity contribution in [2.75, 3.05) is 19.0 Å². The Kier molecular flexibility index (Phi) is 4.95. The maximum absolute atomic E-state index is 12.4. The van der Waals surface area contributed by atoms with Gasteiger partial charge in [-0.1, -0.05) is 6.92 Å². The number of nitrogens with one attached hydrogen (secondary N) is 2. The quantitative estimate of drug-likeness (QED) is 0.794. The van der Waals surface area contributed by atoms with E-state index in [9.17, 15) is 8.42 Å². The van der Waals surface area contributed by atoms with E-state index in [0.29, 0.717) is 25.2 Å². The second-order valence-corrected chi connectivity index (χ2v) is 6.61. The molecule has 0 radical (unpaired) electrons. The lowest BCUT2D eigenvalue weighted by atomic mass is 9.90. The Labute approximate surface area is 120 Å². The van der Waals surface area contributed by atoms with Crippen molar-refractivity contribution in [3.63, 3.8) is 0 Å². The van der Waals surface area contributed by atoms with Crippen LogP contribution in [0.1, 0.15) is 26.2 Å². The molecule has 0 aliphatic heterocycles. The number of pyridine rings is 1. The van der Waals surface area contributed by atoms with Gasteiger partial charge in [0.2, 0.25) is 10.0 Å². The maximum Gasteiger partial charge on any atom is 0.244 e. The molecule has 0 unspecified atom stereocenters. The summed E-state index contributed by atoms with van der Waals surface area (Å²) in [5.41, 5.74) is 0. The molecule has 0 aromatic carbocycles. The molecule has 112 valence electrons. The highest BCUT2D eigenvalue weighted by molar-refractivity contribution is 7.89. The fourth-order valence-electron chi connectivity index (χ4n) is 2.12. The Bertz CT molecular complexity index is 542. The van der Waals surface area contributed by atoms with Crippen molar-refractivity contribution in [2.45, 2.75) is 43.2 Å². The van der Waals surface area contributed by atoms with E-state index in [1.54, 1.807) is 25.4 Å². The maximum atomic E-state index is 12.4.